The van der Waals surface area contributed by atoms with Crippen LogP contribution in [-0.2, 0) is 0 Å². The molecule has 0 aliphatic rings. The van der Waals surface area contributed by atoms with Crippen LogP contribution < -0.4 is 0 Å². The molecule has 2 rings (SSSR count). The van der Waals surface area contributed by atoms with Crippen molar-refractivity contribution in [1.29, 1.82) is 0 Å². The summed E-state index contributed by atoms with van der Waals surface area (Å²) in [6.45, 7) is 1.80. The van der Waals surface area contributed by atoms with Crippen LogP contribution in [0.1, 0.15) is 21.5 Å². The fourth-order valence-corrected chi connectivity index (χ4v) is 2.52. The van der Waals surface area contributed by atoms with Crippen molar-refractivity contribution in [3.63, 3.8) is 0 Å². The summed E-state index contributed by atoms with van der Waals surface area (Å²) in [5, 5.41) is -0.0847. The van der Waals surface area contributed by atoms with Crippen LogP contribution in [0.25, 0.3) is 0 Å². The summed E-state index contributed by atoms with van der Waals surface area (Å²) in [4.78, 5) is 12.4. The van der Waals surface area contributed by atoms with Crippen LogP contribution in [0.3, 0.4) is 0 Å². The van der Waals surface area contributed by atoms with Crippen LogP contribution >= 0.6 is 43.5 Å². The van der Waals surface area contributed by atoms with Crippen molar-refractivity contribution in [2.24, 2.45) is 0 Å². The van der Waals surface area contributed by atoms with Gasteiger partial charge in [0.25, 0.3) is 0 Å². The van der Waals surface area contributed by atoms with Crippen molar-refractivity contribution in [3.05, 3.63) is 66.8 Å². The first kappa shape index (κ1) is 14.7. The molecule has 0 aliphatic carbocycles. The van der Waals surface area contributed by atoms with Crippen LogP contribution in [-0.4, -0.2) is 5.78 Å². The molecule has 0 N–H and O–H groups in total. The third-order valence-corrected chi connectivity index (χ3v) is 4.48. The van der Waals surface area contributed by atoms with E-state index >= 15 is 0 Å². The van der Waals surface area contributed by atoms with Gasteiger partial charge in [0.2, 0.25) is 0 Å². The molecule has 0 aromatic heterocycles. The van der Waals surface area contributed by atoms with Crippen LogP contribution in [0.2, 0.25) is 5.02 Å². The number of ketones is 1. The highest BCUT2D eigenvalue weighted by molar-refractivity contribution is 9.10. The molecule has 0 radical (unpaired) electrons. The Kier molecular flexibility index (Phi) is 4.43. The third-order valence-electron chi connectivity index (χ3n) is 2.72. The summed E-state index contributed by atoms with van der Waals surface area (Å²) in [6, 6.07) is 8.29. The second-order valence-corrected chi connectivity index (χ2v) is 6.16. The Hall–Kier alpha value is -0.710. The van der Waals surface area contributed by atoms with E-state index in [1.165, 1.54) is 6.07 Å². The van der Waals surface area contributed by atoms with E-state index in [2.05, 4.69) is 31.9 Å². The molecule has 98 valence electrons. The number of rotatable bonds is 2. The molecule has 0 heterocycles. The Bertz CT molecular complexity index is 671. The number of carbonyl (C=O) groups excluding carboxylic acids is 1. The fourth-order valence-electron chi connectivity index (χ4n) is 1.69. The van der Waals surface area contributed by atoms with Crippen molar-refractivity contribution >= 4 is 49.2 Å². The molecule has 0 unspecified atom stereocenters. The van der Waals surface area contributed by atoms with Crippen LogP contribution in [0.5, 0.6) is 0 Å². The number of carbonyl (C=O) groups is 1. The Balaban J connectivity index is 2.56. The summed E-state index contributed by atoms with van der Waals surface area (Å²) in [6.07, 6.45) is 0. The molecule has 0 atom stereocenters. The van der Waals surface area contributed by atoms with Gasteiger partial charge in [-0.25, -0.2) is 4.39 Å². The van der Waals surface area contributed by atoms with Crippen molar-refractivity contribution in [1.82, 2.24) is 0 Å². The maximum absolute atomic E-state index is 14.0. The smallest absolute Gasteiger partial charge is 0.196 e. The number of hydrogen-bond acceptors (Lipinski definition) is 1. The lowest BCUT2D eigenvalue weighted by atomic mass is 9.99. The predicted molar refractivity (Wildman–Crippen MR) is 81.4 cm³/mol. The molecule has 5 heteroatoms. The molecular weight excluding hydrogens is 398 g/mol. The van der Waals surface area contributed by atoms with Crippen LogP contribution in [0.4, 0.5) is 4.39 Å². The number of halogens is 4. The van der Waals surface area contributed by atoms with E-state index in [0.29, 0.717) is 10.0 Å². The zero-order valence-corrected chi connectivity index (χ0v) is 13.7. The summed E-state index contributed by atoms with van der Waals surface area (Å²) < 4.78 is 15.2. The standard InChI is InChI=1S/C14H8Br2ClFO/c1-7-2-3-8(15)6-10(7)14(19)9-4-5-11(16)12(17)13(9)18/h2-6H,1H3. The molecule has 0 saturated carbocycles. The highest BCUT2D eigenvalue weighted by Crippen LogP contribution is 2.29. The van der Waals surface area contributed by atoms with Gasteiger partial charge in [0, 0.05) is 14.5 Å². The van der Waals surface area contributed by atoms with Gasteiger partial charge in [0.15, 0.2) is 11.6 Å². The van der Waals surface area contributed by atoms with Crippen LogP contribution in [0.15, 0.2) is 39.3 Å². The summed E-state index contributed by atoms with van der Waals surface area (Å²) in [7, 11) is 0. The predicted octanol–water partition coefficient (Wildman–Crippen LogP) is 5.54. The van der Waals surface area contributed by atoms with Crippen LogP contribution in [0, 0.1) is 12.7 Å². The van der Waals surface area contributed by atoms with Gasteiger partial charge in [-0.05, 0) is 52.7 Å². The maximum atomic E-state index is 14.0. The van der Waals surface area contributed by atoms with Gasteiger partial charge in [0.1, 0.15) is 0 Å². The van der Waals surface area contributed by atoms with Gasteiger partial charge >= 0.3 is 0 Å². The molecule has 19 heavy (non-hydrogen) atoms. The van der Waals surface area contributed by atoms with Crippen molar-refractivity contribution in [3.8, 4) is 0 Å². The normalized spacial score (nSPS) is 10.6. The average Bonchev–Trinajstić information content (AvgIpc) is 2.38. The molecule has 0 bridgehead atoms. The van der Waals surface area contributed by atoms with Gasteiger partial charge in [-0.15, -0.1) is 0 Å². The summed E-state index contributed by atoms with van der Waals surface area (Å²) >= 11 is 12.2. The molecule has 0 spiro atoms. The first-order valence-electron chi connectivity index (χ1n) is 5.36. The minimum Gasteiger partial charge on any atom is -0.288 e. The molecule has 0 amide bonds. The van der Waals surface area contributed by atoms with Gasteiger partial charge in [-0.1, -0.05) is 33.6 Å². The largest absolute Gasteiger partial charge is 0.288 e. The molecular formula is C14H8Br2ClFO. The van der Waals surface area contributed by atoms with E-state index in [0.717, 1.165) is 10.0 Å². The Morgan fingerprint density at radius 3 is 2.53 bits per heavy atom. The molecule has 0 saturated heterocycles. The fraction of sp³-hybridized carbons (Fsp3) is 0.0714. The lowest BCUT2D eigenvalue weighted by molar-refractivity contribution is 0.103. The third kappa shape index (κ3) is 2.91. The average molecular weight is 406 g/mol. The Morgan fingerprint density at radius 1 is 1.16 bits per heavy atom. The SMILES string of the molecule is Cc1ccc(Br)cc1C(=O)c1ccc(Br)c(Cl)c1F. The second-order valence-electron chi connectivity index (χ2n) is 4.01. The topological polar surface area (TPSA) is 17.1 Å². The summed E-state index contributed by atoms with van der Waals surface area (Å²) in [5.74, 6) is -1.09. The Labute approximate surface area is 132 Å². The molecule has 1 nitrogen and oxygen atoms in total. The van der Waals surface area contributed by atoms with Gasteiger partial charge < -0.3 is 0 Å². The lowest BCUT2D eigenvalue weighted by Gasteiger charge is -2.08. The molecule has 0 fully saturated rings. The highest BCUT2D eigenvalue weighted by Gasteiger charge is 2.19. The first-order valence-corrected chi connectivity index (χ1v) is 7.32. The van der Waals surface area contributed by atoms with E-state index in [1.54, 1.807) is 25.1 Å². The highest BCUT2D eigenvalue weighted by atomic mass is 79.9. The van der Waals surface area contributed by atoms with E-state index in [1.807, 2.05) is 6.07 Å². The molecule has 2 aromatic rings. The van der Waals surface area contributed by atoms with E-state index in [9.17, 15) is 9.18 Å². The molecule has 2 aromatic carbocycles. The van der Waals surface area contributed by atoms with Crippen molar-refractivity contribution in [2.45, 2.75) is 6.92 Å². The second kappa shape index (κ2) is 5.73. The van der Waals surface area contributed by atoms with Gasteiger partial charge in [-0.3, -0.25) is 4.79 Å². The van der Waals surface area contributed by atoms with Gasteiger partial charge in [-0.2, -0.15) is 0 Å². The van der Waals surface area contributed by atoms with Gasteiger partial charge in [0.05, 0.1) is 10.6 Å². The lowest BCUT2D eigenvalue weighted by Crippen LogP contribution is -2.07. The minimum absolute atomic E-state index is 0.0330. The van der Waals surface area contributed by atoms with E-state index in [-0.39, 0.29) is 16.4 Å². The number of hydrogen-bond donors (Lipinski definition) is 0. The zero-order valence-electron chi connectivity index (χ0n) is 9.81. The number of benzene rings is 2. The molecule has 0 aliphatic heterocycles. The van der Waals surface area contributed by atoms with E-state index < -0.39 is 5.82 Å². The minimum atomic E-state index is -0.708. The maximum Gasteiger partial charge on any atom is 0.196 e. The monoisotopic (exact) mass is 404 g/mol. The Morgan fingerprint density at radius 2 is 1.84 bits per heavy atom. The number of aryl methyl sites for hydroxylation is 1. The quantitative estimate of drug-likeness (QED) is 0.473. The first-order chi connectivity index (χ1) is 8.91. The zero-order chi connectivity index (χ0) is 14.2. The van der Waals surface area contributed by atoms with E-state index in [4.69, 9.17) is 11.6 Å². The van der Waals surface area contributed by atoms with Crippen molar-refractivity contribution in [2.75, 3.05) is 0 Å². The van der Waals surface area contributed by atoms with Crippen molar-refractivity contribution < 1.29 is 9.18 Å². The summed E-state index contributed by atoms with van der Waals surface area (Å²) in [5.41, 5.74) is 1.20.